The summed E-state index contributed by atoms with van der Waals surface area (Å²) in [6.07, 6.45) is 0. The molecule has 0 bridgehead atoms. The van der Waals surface area contributed by atoms with Crippen LogP contribution < -0.4 is 0 Å². The summed E-state index contributed by atoms with van der Waals surface area (Å²) in [6.45, 7) is 6.01. The molecule has 1 N–H and O–H groups in total. The number of hydrogen-bond acceptors (Lipinski definition) is 3. The van der Waals surface area contributed by atoms with Crippen LogP contribution in [-0.4, -0.2) is 42.9 Å². The first kappa shape index (κ1) is 20.2. The van der Waals surface area contributed by atoms with Crippen molar-refractivity contribution >= 4 is 24.0 Å². The Morgan fingerprint density at radius 1 is 1.08 bits per heavy atom. The summed E-state index contributed by atoms with van der Waals surface area (Å²) >= 11 is 6.01. The zero-order valence-corrected chi connectivity index (χ0v) is 16.0. The lowest BCUT2D eigenvalue weighted by molar-refractivity contribution is -0.0107. The number of nitrogens with zero attached hydrogens (tertiary/aromatic N) is 1. The molecule has 3 rings (SSSR count). The molecule has 3 nitrogen and oxygen atoms in total. The van der Waals surface area contributed by atoms with Crippen molar-refractivity contribution in [2.24, 2.45) is 0 Å². The van der Waals surface area contributed by atoms with Gasteiger partial charge in [-0.2, -0.15) is 0 Å². The Labute approximate surface area is 161 Å². The highest BCUT2D eigenvalue weighted by atomic mass is 35.5. The predicted molar refractivity (Wildman–Crippen MR) is 105 cm³/mol. The van der Waals surface area contributed by atoms with Crippen LogP contribution in [0.1, 0.15) is 24.0 Å². The predicted octanol–water partition coefficient (Wildman–Crippen LogP) is 4.09. The molecule has 1 aliphatic rings. The van der Waals surface area contributed by atoms with E-state index >= 15 is 0 Å². The zero-order valence-electron chi connectivity index (χ0n) is 14.4. The minimum Gasteiger partial charge on any atom is -0.385 e. The fourth-order valence-electron chi connectivity index (χ4n) is 3.32. The van der Waals surface area contributed by atoms with Gasteiger partial charge >= 0.3 is 0 Å². The molecule has 1 heterocycles. The minimum atomic E-state index is -0.982. The largest absolute Gasteiger partial charge is 0.385 e. The summed E-state index contributed by atoms with van der Waals surface area (Å²) < 4.78 is 5.45. The highest BCUT2D eigenvalue weighted by Gasteiger charge is 2.36. The van der Waals surface area contributed by atoms with E-state index in [-0.39, 0.29) is 18.3 Å². The first-order chi connectivity index (χ1) is 11.6. The number of morpholine rings is 1. The third-order valence-corrected chi connectivity index (χ3v) is 5.11. The highest BCUT2D eigenvalue weighted by Crippen LogP contribution is 2.38. The lowest BCUT2D eigenvalue weighted by Crippen LogP contribution is -2.43. The Balaban J connectivity index is 0.00000225. The van der Waals surface area contributed by atoms with Crippen molar-refractivity contribution in [2.75, 3.05) is 32.8 Å². The molecule has 136 valence electrons. The van der Waals surface area contributed by atoms with Crippen molar-refractivity contribution in [1.29, 1.82) is 0 Å². The monoisotopic (exact) mass is 381 g/mol. The number of benzene rings is 2. The second-order valence-corrected chi connectivity index (χ2v) is 6.97. The average molecular weight is 382 g/mol. The molecular formula is C20H25Cl2NO2. The van der Waals surface area contributed by atoms with Crippen LogP contribution in [0.5, 0.6) is 0 Å². The third-order valence-electron chi connectivity index (χ3n) is 4.85. The molecule has 0 aliphatic carbocycles. The van der Waals surface area contributed by atoms with Crippen LogP contribution in [0.4, 0.5) is 0 Å². The Morgan fingerprint density at radius 2 is 1.68 bits per heavy atom. The van der Waals surface area contributed by atoms with Gasteiger partial charge in [-0.3, -0.25) is 4.90 Å². The van der Waals surface area contributed by atoms with Crippen LogP contribution in [0, 0.1) is 0 Å². The topological polar surface area (TPSA) is 32.7 Å². The maximum atomic E-state index is 11.4. The number of rotatable bonds is 5. The molecular weight excluding hydrogens is 357 g/mol. The van der Waals surface area contributed by atoms with Crippen LogP contribution in [-0.2, 0) is 10.3 Å². The molecule has 5 heteroatoms. The third kappa shape index (κ3) is 4.96. The summed E-state index contributed by atoms with van der Waals surface area (Å²) in [6, 6.07) is 17.7. The summed E-state index contributed by atoms with van der Waals surface area (Å²) in [7, 11) is 0. The van der Waals surface area contributed by atoms with Gasteiger partial charge in [-0.1, -0.05) is 54.1 Å². The summed E-state index contributed by atoms with van der Waals surface area (Å²) in [4.78, 5) is 2.37. The van der Waals surface area contributed by atoms with Gasteiger partial charge in [0, 0.05) is 30.6 Å². The fraction of sp³-hybridized carbons (Fsp3) is 0.400. The van der Waals surface area contributed by atoms with Crippen molar-refractivity contribution in [3.05, 3.63) is 70.7 Å². The summed E-state index contributed by atoms with van der Waals surface area (Å²) in [5.74, 6) is -0.0297. The van der Waals surface area contributed by atoms with Gasteiger partial charge in [0.15, 0.2) is 0 Å². The lowest BCUT2D eigenvalue weighted by Gasteiger charge is -2.38. The quantitative estimate of drug-likeness (QED) is 0.846. The molecule has 2 aromatic rings. The molecule has 1 aliphatic heterocycles. The molecule has 1 saturated heterocycles. The van der Waals surface area contributed by atoms with Crippen molar-refractivity contribution in [1.82, 2.24) is 4.90 Å². The Kier molecular flexibility index (Phi) is 7.29. The van der Waals surface area contributed by atoms with E-state index in [1.807, 2.05) is 49.4 Å². The van der Waals surface area contributed by atoms with Gasteiger partial charge in [0.25, 0.3) is 0 Å². The highest BCUT2D eigenvalue weighted by molar-refractivity contribution is 6.30. The normalized spacial score (nSPS) is 18.8. The molecule has 0 aromatic heterocycles. The molecule has 0 spiro atoms. The van der Waals surface area contributed by atoms with E-state index < -0.39 is 5.60 Å². The van der Waals surface area contributed by atoms with Gasteiger partial charge in [-0.05, 0) is 30.2 Å². The van der Waals surface area contributed by atoms with E-state index in [2.05, 4.69) is 17.0 Å². The van der Waals surface area contributed by atoms with Crippen molar-refractivity contribution in [3.8, 4) is 0 Å². The van der Waals surface area contributed by atoms with E-state index in [4.69, 9.17) is 16.3 Å². The van der Waals surface area contributed by atoms with Gasteiger partial charge in [0.2, 0.25) is 0 Å². The Hall–Kier alpha value is -1.10. The Bertz CT molecular complexity index is 641. The van der Waals surface area contributed by atoms with E-state index in [0.29, 0.717) is 5.02 Å². The van der Waals surface area contributed by atoms with E-state index in [0.717, 1.165) is 44.0 Å². The number of ether oxygens (including phenoxy) is 1. The molecule has 0 saturated carbocycles. The standard InChI is InChI=1S/C20H24ClNO2.ClH/c1-20(23,17-7-9-18(21)10-8-17)19(16-5-3-2-4-6-16)15-22-11-13-24-14-12-22;/h2-10,19,23H,11-15H2,1H3;1H. The number of halogens is 2. The maximum Gasteiger partial charge on any atom is 0.0949 e. The second-order valence-electron chi connectivity index (χ2n) is 6.53. The van der Waals surface area contributed by atoms with Gasteiger partial charge in [-0.25, -0.2) is 0 Å². The maximum absolute atomic E-state index is 11.4. The molecule has 0 radical (unpaired) electrons. The summed E-state index contributed by atoms with van der Waals surface area (Å²) in [5.41, 5.74) is 1.04. The smallest absolute Gasteiger partial charge is 0.0949 e. The number of hydrogen-bond donors (Lipinski definition) is 1. The molecule has 2 atom stereocenters. The van der Waals surface area contributed by atoms with Crippen LogP contribution in [0.25, 0.3) is 0 Å². The van der Waals surface area contributed by atoms with Crippen molar-refractivity contribution in [2.45, 2.75) is 18.4 Å². The van der Waals surface area contributed by atoms with Gasteiger partial charge in [0.1, 0.15) is 0 Å². The van der Waals surface area contributed by atoms with E-state index in [1.165, 1.54) is 0 Å². The van der Waals surface area contributed by atoms with Crippen LogP contribution in [0.2, 0.25) is 5.02 Å². The average Bonchev–Trinajstić information content (AvgIpc) is 2.61. The first-order valence-corrected chi connectivity index (χ1v) is 8.78. The minimum absolute atomic E-state index is 0. The van der Waals surface area contributed by atoms with Gasteiger partial charge in [-0.15, -0.1) is 12.4 Å². The van der Waals surface area contributed by atoms with E-state index in [9.17, 15) is 5.11 Å². The van der Waals surface area contributed by atoms with Crippen LogP contribution in [0.15, 0.2) is 54.6 Å². The summed E-state index contributed by atoms with van der Waals surface area (Å²) in [5, 5.41) is 12.1. The molecule has 2 unspecified atom stereocenters. The lowest BCUT2D eigenvalue weighted by atomic mass is 9.78. The molecule has 2 aromatic carbocycles. The first-order valence-electron chi connectivity index (χ1n) is 8.41. The molecule has 1 fully saturated rings. The fourth-order valence-corrected chi connectivity index (χ4v) is 3.45. The van der Waals surface area contributed by atoms with Crippen molar-refractivity contribution in [3.63, 3.8) is 0 Å². The van der Waals surface area contributed by atoms with E-state index in [1.54, 1.807) is 0 Å². The van der Waals surface area contributed by atoms with Crippen LogP contribution in [0.3, 0.4) is 0 Å². The number of aliphatic hydroxyl groups is 1. The van der Waals surface area contributed by atoms with Crippen LogP contribution >= 0.6 is 24.0 Å². The van der Waals surface area contributed by atoms with Gasteiger partial charge < -0.3 is 9.84 Å². The van der Waals surface area contributed by atoms with Gasteiger partial charge in [0.05, 0.1) is 18.8 Å². The molecule has 0 amide bonds. The van der Waals surface area contributed by atoms with Crippen molar-refractivity contribution < 1.29 is 9.84 Å². The second kappa shape index (κ2) is 9.02. The molecule has 25 heavy (non-hydrogen) atoms. The Morgan fingerprint density at radius 3 is 2.28 bits per heavy atom. The SMILES string of the molecule is CC(O)(c1ccc(Cl)cc1)C(CN1CCOCC1)c1ccccc1.Cl. The zero-order chi connectivity index (χ0) is 17.0.